The fourth-order valence-electron chi connectivity index (χ4n) is 2.80. The number of nitrogens with zero attached hydrogens (tertiary/aromatic N) is 1. The Morgan fingerprint density at radius 3 is 2.70 bits per heavy atom. The molecule has 112 valence electrons. The van der Waals surface area contributed by atoms with Crippen LogP contribution in [0, 0.1) is 5.82 Å². The van der Waals surface area contributed by atoms with Gasteiger partial charge >= 0.3 is 0 Å². The number of benzene rings is 1. The molecule has 2 rings (SSSR count). The van der Waals surface area contributed by atoms with Crippen LogP contribution in [0.4, 0.5) is 10.1 Å². The lowest BCUT2D eigenvalue weighted by molar-refractivity contribution is 0.416. The van der Waals surface area contributed by atoms with Crippen molar-refractivity contribution in [3.63, 3.8) is 0 Å². The highest BCUT2D eigenvalue weighted by Gasteiger charge is 2.22. The molecule has 1 N–H and O–H groups in total. The Morgan fingerprint density at radius 1 is 1.30 bits per heavy atom. The smallest absolute Gasteiger partial charge is 0.129 e. The molecule has 0 aliphatic carbocycles. The topological polar surface area (TPSA) is 15.3 Å². The van der Waals surface area contributed by atoms with Crippen LogP contribution in [0.15, 0.2) is 18.2 Å². The van der Waals surface area contributed by atoms with Gasteiger partial charge in [0.25, 0.3) is 0 Å². The van der Waals surface area contributed by atoms with Crippen LogP contribution < -0.4 is 10.2 Å². The van der Waals surface area contributed by atoms with Gasteiger partial charge in [0.05, 0.1) is 0 Å². The molecule has 0 amide bonds. The first-order valence-corrected chi connectivity index (χ1v) is 7.67. The van der Waals surface area contributed by atoms with Gasteiger partial charge in [0.15, 0.2) is 0 Å². The molecule has 0 bridgehead atoms. The molecule has 20 heavy (non-hydrogen) atoms. The van der Waals surface area contributed by atoms with E-state index in [-0.39, 0.29) is 11.4 Å². The summed E-state index contributed by atoms with van der Waals surface area (Å²) in [4.78, 5) is 2.37. The van der Waals surface area contributed by atoms with Crippen LogP contribution in [0.1, 0.15) is 52.5 Å². The molecular weight excluding hydrogens is 251 g/mol. The van der Waals surface area contributed by atoms with Gasteiger partial charge < -0.3 is 10.2 Å². The quantitative estimate of drug-likeness (QED) is 0.895. The van der Waals surface area contributed by atoms with Gasteiger partial charge in [0, 0.05) is 35.9 Å². The van der Waals surface area contributed by atoms with Crippen LogP contribution in [-0.4, -0.2) is 18.1 Å². The lowest BCUT2D eigenvalue weighted by atomic mass is 10.0. The summed E-state index contributed by atoms with van der Waals surface area (Å²) in [5.41, 5.74) is 1.86. The summed E-state index contributed by atoms with van der Waals surface area (Å²) in [5, 5.41) is 3.41. The van der Waals surface area contributed by atoms with E-state index < -0.39 is 0 Å². The maximum absolute atomic E-state index is 14.2. The summed E-state index contributed by atoms with van der Waals surface area (Å²) >= 11 is 0. The summed E-state index contributed by atoms with van der Waals surface area (Å²) in [6.45, 7) is 10.2. The number of anilines is 1. The molecule has 2 nitrogen and oxygen atoms in total. The zero-order valence-electron chi connectivity index (χ0n) is 13.2. The Labute approximate surface area is 122 Å². The highest BCUT2D eigenvalue weighted by molar-refractivity contribution is 5.55. The van der Waals surface area contributed by atoms with Crippen molar-refractivity contribution in [2.24, 2.45) is 0 Å². The molecular formula is C17H27FN2. The molecule has 0 radical (unpaired) electrons. The number of piperidine rings is 1. The lowest BCUT2D eigenvalue weighted by Crippen LogP contribution is -2.40. The van der Waals surface area contributed by atoms with Crippen LogP contribution in [0.2, 0.25) is 0 Å². The maximum atomic E-state index is 14.2. The van der Waals surface area contributed by atoms with E-state index in [9.17, 15) is 4.39 Å². The second-order valence-corrected chi connectivity index (χ2v) is 6.88. The van der Waals surface area contributed by atoms with Gasteiger partial charge in [-0.2, -0.15) is 0 Å². The molecule has 1 aromatic carbocycles. The van der Waals surface area contributed by atoms with E-state index in [0.717, 1.165) is 17.8 Å². The number of hydrogen-bond acceptors (Lipinski definition) is 2. The first-order chi connectivity index (χ1) is 9.38. The molecule has 3 heteroatoms. The van der Waals surface area contributed by atoms with E-state index in [1.54, 1.807) is 6.07 Å². The zero-order valence-corrected chi connectivity index (χ0v) is 13.2. The number of rotatable bonds is 3. The van der Waals surface area contributed by atoms with Gasteiger partial charge in [0.1, 0.15) is 5.82 Å². The second-order valence-electron chi connectivity index (χ2n) is 6.88. The van der Waals surface area contributed by atoms with E-state index >= 15 is 0 Å². The van der Waals surface area contributed by atoms with E-state index in [1.807, 2.05) is 6.07 Å². The molecule has 0 saturated carbocycles. The van der Waals surface area contributed by atoms with Crippen molar-refractivity contribution >= 4 is 5.69 Å². The molecule has 0 aromatic heterocycles. The fourth-order valence-corrected chi connectivity index (χ4v) is 2.80. The number of nitrogens with one attached hydrogen (secondary N) is 1. The Hall–Kier alpha value is -1.09. The van der Waals surface area contributed by atoms with Crippen molar-refractivity contribution in [2.45, 2.75) is 65.1 Å². The Balaban J connectivity index is 2.25. The average Bonchev–Trinajstić information content (AvgIpc) is 2.36. The third-order valence-electron chi connectivity index (χ3n) is 4.00. The Morgan fingerprint density at radius 2 is 2.05 bits per heavy atom. The van der Waals surface area contributed by atoms with Crippen LogP contribution in [0.5, 0.6) is 0 Å². The van der Waals surface area contributed by atoms with Gasteiger partial charge in [-0.15, -0.1) is 0 Å². The number of halogens is 1. The first-order valence-electron chi connectivity index (χ1n) is 7.67. The van der Waals surface area contributed by atoms with Crippen molar-refractivity contribution in [2.75, 3.05) is 11.4 Å². The summed E-state index contributed by atoms with van der Waals surface area (Å²) < 4.78 is 14.2. The van der Waals surface area contributed by atoms with E-state index in [0.29, 0.717) is 12.6 Å². The van der Waals surface area contributed by atoms with Gasteiger partial charge in [-0.05, 0) is 59.1 Å². The van der Waals surface area contributed by atoms with E-state index in [1.165, 1.54) is 19.3 Å². The molecule has 1 saturated heterocycles. The lowest BCUT2D eigenvalue weighted by Gasteiger charge is -2.37. The predicted molar refractivity (Wildman–Crippen MR) is 83.7 cm³/mol. The molecule has 1 unspecified atom stereocenters. The van der Waals surface area contributed by atoms with Gasteiger partial charge in [0.2, 0.25) is 0 Å². The summed E-state index contributed by atoms with van der Waals surface area (Å²) in [5.74, 6) is -0.1000. The highest BCUT2D eigenvalue weighted by atomic mass is 19.1. The van der Waals surface area contributed by atoms with Gasteiger partial charge in [-0.25, -0.2) is 4.39 Å². The number of hydrogen-bond donors (Lipinski definition) is 1. The summed E-state index contributed by atoms with van der Waals surface area (Å²) in [6, 6.07) is 5.95. The van der Waals surface area contributed by atoms with Crippen molar-refractivity contribution in [3.8, 4) is 0 Å². The van der Waals surface area contributed by atoms with Crippen LogP contribution in [-0.2, 0) is 6.54 Å². The monoisotopic (exact) mass is 278 g/mol. The van der Waals surface area contributed by atoms with Crippen molar-refractivity contribution in [3.05, 3.63) is 29.6 Å². The third kappa shape index (κ3) is 3.72. The minimum atomic E-state index is -0.1000. The fraction of sp³-hybridized carbons (Fsp3) is 0.647. The van der Waals surface area contributed by atoms with E-state index in [2.05, 4.69) is 44.0 Å². The van der Waals surface area contributed by atoms with Gasteiger partial charge in [-0.3, -0.25) is 0 Å². The highest BCUT2D eigenvalue weighted by Crippen LogP contribution is 2.29. The summed E-state index contributed by atoms with van der Waals surface area (Å²) in [6.07, 6.45) is 3.68. The molecule has 0 spiro atoms. The minimum Gasteiger partial charge on any atom is -0.368 e. The molecule has 1 heterocycles. The predicted octanol–water partition coefficient (Wildman–Crippen LogP) is 4.09. The molecule has 1 atom stereocenters. The van der Waals surface area contributed by atoms with Crippen molar-refractivity contribution in [1.29, 1.82) is 0 Å². The van der Waals surface area contributed by atoms with Crippen molar-refractivity contribution in [1.82, 2.24) is 5.32 Å². The van der Waals surface area contributed by atoms with Crippen LogP contribution >= 0.6 is 0 Å². The normalized spacial score (nSPS) is 20.2. The van der Waals surface area contributed by atoms with Crippen LogP contribution in [0.25, 0.3) is 0 Å². The molecule has 1 aliphatic heterocycles. The molecule has 1 aliphatic rings. The second kappa shape index (κ2) is 6.13. The molecule has 1 fully saturated rings. The SMILES string of the molecule is CC1CCCCN1c1cccc(F)c1CNC(C)(C)C. The minimum absolute atomic E-state index is 0.00688. The van der Waals surface area contributed by atoms with Crippen molar-refractivity contribution < 1.29 is 4.39 Å². The Bertz CT molecular complexity index is 451. The largest absolute Gasteiger partial charge is 0.368 e. The van der Waals surface area contributed by atoms with Gasteiger partial charge in [-0.1, -0.05) is 6.07 Å². The maximum Gasteiger partial charge on any atom is 0.129 e. The molecule has 1 aromatic rings. The third-order valence-corrected chi connectivity index (χ3v) is 4.00. The standard InChI is InChI=1S/C17H27FN2/c1-13-8-5-6-11-20(13)16-10-7-9-15(18)14(16)12-19-17(2,3)4/h7,9-10,13,19H,5-6,8,11-12H2,1-4H3. The first kappa shape index (κ1) is 15.3. The summed E-state index contributed by atoms with van der Waals surface area (Å²) in [7, 11) is 0. The average molecular weight is 278 g/mol. The Kier molecular flexibility index (Phi) is 4.69. The van der Waals surface area contributed by atoms with E-state index in [4.69, 9.17) is 0 Å². The van der Waals surface area contributed by atoms with Crippen LogP contribution in [0.3, 0.4) is 0 Å². The zero-order chi connectivity index (χ0) is 14.8.